The van der Waals surface area contributed by atoms with Crippen LogP contribution in [0.2, 0.25) is 0 Å². The molecule has 2 aromatic carbocycles. The first-order valence-electron chi connectivity index (χ1n) is 8.14. The van der Waals surface area contributed by atoms with Gasteiger partial charge in [-0.3, -0.25) is 9.97 Å². The third-order valence-electron chi connectivity index (χ3n) is 4.71. The van der Waals surface area contributed by atoms with Gasteiger partial charge in [-0.2, -0.15) is 0 Å². The lowest BCUT2D eigenvalue weighted by molar-refractivity contribution is 0.954. The van der Waals surface area contributed by atoms with E-state index in [1.54, 1.807) is 0 Å². The van der Waals surface area contributed by atoms with Crippen molar-refractivity contribution in [1.82, 2.24) is 9.97 Å². The van der Waals surface area contributed by atoms with Gasteiger partial charge in [0.2, 0.25) is 0 Å². The second-order valence-corrected chi connectivity index (χ2v) is 7.07. The van der Waals surface area contributed by atoms with Crippen molar-refractivity contribution in [2.45, 2.75) is 6.54 Å². The SMILES string of the molecule is Brc1cccc(N2Cc3cnccc3-c3ccc4ccncc4c32)c1. The first-order valence-corrected chi connectivity index (χ1v) is 8.94. The van der Waals surface area contributed by atoms with Crippen molar-refractivity contribution >= 4 is 38.1 Å². The van der Waals surface area contributed by atoms with Crippen LogP contribution in [-0.2, 0) is 6.54 Å². The fraction of sp³-hybridized carbons (Fsp3) is 0.0476. The maximum atomic E-state index is 4.37. The van der Waals surface area contributed by atoms with Gasteiger partial charge in [0.25, 0.3) is 0 Å². The molecule has 4 heteroatoms. The van der Waals surface area contributed by atoms with Crippen molar-refractivity contribution in [2.75, 3.05) is 4.90 Å². The quantitative estimate of drug-likeness (QED) is 0.418. The minimum absolute atomic E-state index is 0.792. The average Bonchev–Trinajstić information content (AvgIpc) is 2.67. The Morgan fingerprint density at radius 2 is 1.76 bits per heavy atom. The monoisotopic (exact) mass is 387 g/mol. The lowest BCUT2D eigenvalue weighted by Gasteiger charge is -2.34. The van der Waals surface area contributed by atoms with E-state index in [2.05, 4.69) is 79.3 Å². The van der Waals surface area contributed by atoms with Gasteiger partial charge in [0.1, 0.15) is 0 Å². The Balaban J connectivity index is 1.85. The molecule has 1 aliphatic heterocycles. The van der Waals surface area contributed by atoms with Gasteiger partial charge in [-0.1, -0.05) is 34.1 Å². The molecule has 3 heterocycles. The summed E-state index contributed by atoms with van der Waals surface area (Å²) in [7, 11) is 0. The van der Waals surface area contributed by atoms with Gasteiger partial charge in [0.05, 0.1) is 12.2 Å². The van der Waals surface area contributed by atoms with Gasteiger partial charge in [-0.15, -0.1) is 0 Å². The summed E-state index contributed by atoms with van der Waals surface area (Å²) in [6.07, 6.45) is 7.64. The van der Waals surface area contributed by atoms with Crippen LogP contribution in [-0.4, -0.2) is 9.97 Å². The molecule has 4 aromatic rings. The molecule has 0 unspecified atom stereocenters. The number of benzene rings is 2. The van der Waals surface area contributed by atoms with Crippen LogP contribution < -0.4 is 4.90 Å². The second kappa shape index (κ2) is 5.67. The lowest BCUT2D eigenvalue weighted by Crippen LogP contribution is -2.22. The molecule has 25 heavy (non-hydrogen) atoms. The predicted molar refractivity (Wildman–Crippen MR) is 105 cm³/mol. The number of aromatic nitrogens is 2. The van der Waals surface area contributed by atoms with Crippen LogP contribution in [0.4, 0.5) is 11.4 Å². The molecular formula is C21H14BrN3. The van der Waals surface area contributed by atoms with Crippen molar-refractivity contribution in [2.24, 2.45) is 0 Å². The summed E-state index contributed by atoms with van der Waals surface area (Å²) in [4.78, 5) is 11.1. The van der Waals surface area contributed by atoms with E-state index in [0.29, 0.717) is 0 Å². The molecule has 0 saturated carbocycles. The predicted octanol–water partition coefficient (Wildman–Crippen LogP) is 5.71. The Kier molecular flexibility index (Phi) is 3.31. The zero-order valence-electron chi connectivity index (χ0n) is 13.4. The number of halogens is 1. The highest BCUT2D eigenvalue weighted by atomic mass is 79.9. The van der Waals surface area contributed by atoms with E-state index in [9.17, 15) is 0 Å². The van der Waals surface area contributed by atoms with Crippen LogP contribution >= 0.6 is 15.9 Å². The van der Waals surface area contributed by atoms with E-state index in [0.717, 1.165) is 16.7 Å². The first-order chi connectivity index (χ1) is 12.3. The number of fused-ring (bicyclic) bond motifs is 5. The summed E-state index contributed by atoms with van der Waals surface area (Å²) < 4.78 is 1.07. The van der Waals surface area contributed by atoms with Crippen LogP contribution in [0.15, 0.2) is 77.8 Å². The molecule has 0 amide bonds. The largest absolute Gasteiger partial charge is 0.336 e. The maximum absolute atomic E-state index is 4.37. The Morgan fingerprint density at radius 3 is 2.68 bits per heavy atom. The van der Waals surface area contributed by atoms with Crippen molar-refractivity contribution in [3.63, 3.8) is 0 Å². The molecule has 0 atom stereocenters. The van der Waals surface area contributed by atoms with Crippen molar-refractivity contribution in [1.29, 1.82) is 0 Å². The zero-order chi connectivity index (χ0) is 16.8. The van der Waals surface area contributed by atoms with E-state index < -0.39 is 0 Å². The first kappa shape index (κ1) is 14.6. The van der Waals surface area contributed by atoms with Gasteiger partial charge in [-0.05, 0) is 46.8 Å². The smallest absolute Gasteiger partial charge is 0.0589 e. The highest BCUT2D eigenvalue weighted by Crippen LogP contribution is 2.46. The van der Waals surface area contributed by atoms with E-state index in [4.69, 9.17) is 0 Å². The minimum atomic E-state index is 0.792. The number of rotatable bonds is 1. The fourth-order valence-electron chi connectivity index (χ4n) is 3.58. The van der Waals surface area contributed by atoms with E-state index in [1.165, 1.54) is 33.2 Å². The number of anilines is 2. The standard InChI is InChI=1S/C21H14BrN3/c22-16-2-1-3-17(10-16)25-13-15-11-23-9-7-18(15)19-5-4-14-6-8-24-12-20(14)21(19)25/h1-12H,13H2. The van der Waals surface area contributed by atoms with Gasteiger partial charge in [0, 0.05) is 45.9 Å². The third-order valence-corrected chi connectivity index (χ3v) is 5.20. The van der Waals surface area contributed by atoms with Gasteiger partial charge < -0.3 is 4.90 Å². The Morgan fingerprint density at radius 1 is 0.880 bits per heavy atom. The van der Waals surface area contributed by atoms with Gasteiger partial charge >= 0.3 is 0 Å². The molecule has 0 N–H and O–H groups in total. The van der Waals surface area contributed by atoms with Crippen molar-refractivity contribution in [3.8, 4) is 11.1 Å². The molecular weight excluding hydrogens is 374 g/mol. The van der Waals surface area contributed by atoms with Gasteiger partial charge in [-0.25, -0.2) is 0 Å². The summed E-state index contributed by atoms with van der Waals surface area (Å²) in [6, 6.07) is 17.0. The second-order valence-electron chi connectivity index (χ2n) is 6.16. The van der Waals surface area contributed by atoms with E-state index >= 15 is 0 Å². The molecule has 3 nitrogen and oxygen atoms in total. The molecule has 0 spiro atoms. The Labute approximate surface area is 154 Å². The number of pyridine rings is 2. The summed E-state index contributed by atoms with van der Waals surface area (Å²) in [5.41, 5.74) is 6.08. The van der Waals surface area contributed by atoms with Crippen LogP contribution in [0.3, 0.4) is 0 Å². The molecule has 2 aromatic heterocycles. The number of nitrogens with zero attached hydrogens (tertiary/aromatic N) is 3. The minimum Gasteiger partial charge on any atom is -0.336 e. The number of hydrogen-bond donors (Lipinski definition) is 0. The summed E-state index contributed by atoms with van der Waals surface area (Å²) >= 11 is 3.60. The molecule has 0 radical (unpaired) electrons. The third kappa shape index (κ3) is 2.33. The molecule has 5 rings (SSSR count). The van der Waals surface area contributed by atoms with Crippen LogP contribution in [0.1, 0.15) is 5.56 Å². The van der Waals surface area contributed by atoms with E-state index in [1.807, 2.05) is 24.8 Å². The highest BCUT2D eigenvalue weighted by Gasteiger charge is 2.25. The van der Waals surface area contributed by atoms with Crippen LogP contribution in [0.5, 0.6) is 0 Å². The maximum Gasteiger partial charge on any atom is 0.0589 e. The number of hydrogen-bond acceptors (Lipinski definition) is 3. The average molecular weight is 388 g/mol. The summed E-state index contributed by atoms with van der Waals surface area (Å²) in [5, 5.41) is 2.37. The highest BCUT2D eigenvalue weighted by molar-refractivity contribution is 9.10. The summed E-state index contributed by atoms with van der Waals surface area (Å²) in [5.74, 6) is 0. The molecule has 0 aliphatic carbocycles. The molecule has 0 saturated heterocycles. The van der Waals surface area contributed by atoms with Crippen LogP contribution in [0.25, 0.3) is 21.9 Å². The van der Waals surface area contributed by atoms with E-state index in [-0.39, 0.29) is 0 Å². The van der Waals surface area contributed by atoms with Gasteiger partial charge in [0.15, 0.2) is 0 Å². The zero-order valence-corrected chi connectivity index (χ0v) is 14.9. The Hall–Kier alpha value is -2.72. The molecule has 0 bridgehead atoms. The van der Waals surface area contributed by atoms with Crippen molar-refractivity contribution in [3.05, 3.63) is 83.4 Å². The summed E-state index contributed by atoms with van der Waals surface area (Å²) in [6.45, 7) is 0.792. The topological polar surface area (TPSA) is 29.0 Å². The lowest BCUT2D eigenvalue weighted by atomic mass is 9.92. The molecule has 1 aliphatic rings. The Bertz CT molecular complexity index is 1110. The molecule has 120 valence electrons. The fourth-order valence-corrected chi connectivity index (χ4v) is 3.97. The van der Waals surface area contributed by atoms with Crippen molar-refractivity contribution < 1.29 is 0 Å². The molecule has 0 fully saturated rings. The normalized spacial score (nSPS) is 12.8. The van der Waals surface area contributed by atoms with Crippen LogP contribution in [0, 0.1) is 0 Å².